The predicted octanol–water partition coefficient (Wildman–Crippen LogP) is 2.74. The van der Waals surface area contributed by atoms with Crippen molar-refractivity contribution in [3.05, 3.63) is 54.4 Å². The van der Waals surface area contributed by atoms with Crippen LogP contribution in [0.25, 0.3) is 0 Å². The van der Waals surface area contributed by atoms with Gasteiger partial charge in [0.15, 0.2) is 5.96 Å². The van der Waals surface area contributed by atoms with Crippen LogP contribution in [0.3, 0.4) is 0 Å². The molecule has 1 aliphatic heterocycles. The molecule has 3 unspecified atom stereocenters. The number of piperidine rings is 1. The van der Waals surface area contributed by atoms with Gasteiger partial charge in [-0.25, -0.2) is 0 Å². The first-order valence-electron chi connectivity index (χ1n) is 10.4. The monoisotopic (exact) mass is 382 g/mol. The SMILES string of the molecule is CN=C(NCC(C)Cn1cccn1)NC1CCN(Cc2ccccc2)C(C)C1. The fourth-order valence-corrected chi connectivity index (χ4v) is 3.86. The van der Waals surface area contributed by atoms with Gasteiger partial charge in [-0.2, -0.15) is 5.10 Å². The first-order valence-corrected chi connectivity index (χ1v) is 10.4. The Kier molecular flexibility index (Phi) is 7.48. The number of nitrogens with one attached hydrogen (secondary N) is 2. The summed E-state index contributed by atoms with van der Waals surface area (Å²) in [6.07, 6.45) is 6.11. The maximum absolute atomic E-state index is 4.42. The number of nitrogens with zero attached hydrogens (tertiary/aromatic N) is 4. The van der Waals surface area contributed by atoms with E-state index in [1.165, 1.54) is 5.56 Å². The maximum atomic E-state index is 4.42. The van der Waals surface area contributed by atoms with Gasteiger partial charge in [-0.3, -0.25) is 14.6 Å². The molecule has 1 aromatic heterocycles. The number of benzene rings is 1. The molecule has 3 atom stereocenters. The fraction of sp³-hybridized carbons (Fsp3) is 0.545. The van der Waals surface area contributed by atoms with E-state index in [0.29, 0.717) is 18.0 Å². The second-order valence-corrected chi connectivity index (χ2v) is 7.96. The highest BCUT2D eigenvalue weighted by molar-refractivity contribution is 5.79. The summed E-state index contributed by atoms with van der Waals surface area (Å²) in [5, 5.41) is 11.4. The number of rotatable bonds is 7. The molecule has 1 aliphatic rings. The summed E-state index contributed by atoms with van der Waals surface area (Å²) >= 11 is 0. The van der Waals surface area contributed by atoms with Crippen molar-refractivity contribution in [2.24, 2.45) is 10.9 Å². The lowest BCUT2D eigenvalue weighted by Gasteiger charge is -2.38. The summed E-state index contributed by atoms with van der Waals surface area (Å²) in [6.45, 7) is 8.49. The standard InChI is InChI=1S/C22H34N6/c1-18(16-28-12-7-11-25-28)15-24-22(23-3)26-21-10-13-27(19(2)14-21)17-20-8-5-4-6-9-20/h4-9,11-12,18-19,21H,10,13-17H2,1-3H3,(H2,23,24,26). The van der Waals surface area contributed by atoms with Crippen LogP contribution in [0.15, 0.2) is 53.8 Å². The van der Waals surface area contributed by atoms with Gasteiger partial charge in [-0.1, -0.05) is 37.3 Å². The van der Waals surface area contributed by atoms with Crippen molar-refractivity contribution >= 4 is 5.96 Å². The van der Waals surface area contributed by atoms with E-state index in [9.17, 15) is 0 Å². The zero-order valence-corrected chi connectivity index (χ0v) is 17.4. The van der Waals surface area contributed by atoms with Crippen LogP contribution in [-0.4, -0.2) is 52.9 Å². The molecule has 6 heteroatoms. The van der Waals surface area contributed by atoms with Crippen molar-refractivity contribution < 1.29 is 0 Å². The fourth-order valence-electron chi connectivity index (χ4n) is 3.86. The molecule has 2 N–H and O–H groups in total. The minimum Gasteiger partial charge on any atom is -0.356 e. The Bertz CT molecular complexity index is 712. The Morgan fingerprint density at radius 3 is 2.79 bits per heavy atom. The second-order valence-electron chi connectivity index (χ2n) is 7.96. The largest absolute Gasteiger partial charge is 0.356 e. The average Bonchev–Trinajstić information content (AvgIpc) is 3.21. The van der Waals surface area contributed by atoms with E-state index in [1.807, 2.05) is 30.2 Å². The van der Waals surface area contributed by atoms with E-state index in [0.717, 1.165) is 45.0 Å². The normalized spacial score (nSPS) is 22.0. The summed E-state index contributed by atoms with van der Waals surface area (Å²) < 4.78 is 1.98. The van der Waals surface area contributed by atoms with Gasteiger partial charge in [0, 0.05) is 57.7 Å². The Balaban J connectivity index is 1.41. The lowest BCUT2D eigenvalue weighted by molar-refractivity contribution is 0.134. The number of hydrogen-bond acceptors (Lipinski definition) is 3. The maximum Gasteiger partial charge on any atom is 0.191 e. The lowest BCUT2D eigenvalue weighted by Crippen LogP contribution is -2.51. The van der Waals surface area contributed by atoms with Crippen molar-refractivity contribution in [1.29, 1.82) is 0 Å². The molecule has 1 fully saturated rings. The predicted molar refractivity (Wildman–Crippen MR) is 115 cm³/mol. The number of hydrogen-bond donors (Lipinski definition) is 2. The van der Waals surface area contributed by atoms with Crippen LogP contribution in [-0.2, 0) is 13.1 Å². The molecule has 2 heterocycles. The Labute approximate surface area is 169 Å². The van der Waals surface area contributed by atoms with Crippen molar-refractivity contribution in [2.45, 2.75) is 51.9 Å². The molecule has 1 saturated heterocycles. The van der Waals surface area contributed by atoms with Crippen molar-refractivity contribution in [3.8, 4) is 0 Å². The summed E-state index contributed by atoms with van der Waals surface area (Å²) in [6, 6.07) is 13.7. The van der Waals surface area contributed by atoms with E-state index >= 15 is 0 Å². The van der Waals surface area contributed by atoms with Crippen LogP contribution in [0.5, 0.6) is 0 Å². The van der Waals surface area contributed by atoms with Gasteiger partial charge in [-0.15, -0.1) is 0 Å². The summed E-state index contributed by atoms with van der Waals surface area (Å²) in [4.78, 5) is 7.00. The molecule has 0 aliphatic carbocycles. The molecule has 0 bridgehead atoms. The molecule has 152 valence electrons. The number of guanidine groups is 1. The molecular weight excluding hydrogens is 348 g/mol. The third-order valence-electron chi connectivity index (χ3n) is 5.48. The number of aliphatic imine (C=N–C) groups is 1. The molecule has 0 saturated carbocycles. The third kappa shape index (κ3) is 6.09. The molecule has 3 rings (SSSR count). The second kappa shape index (κ2) is 10.3. The molecule has 0 amide bonds. The number of likely N-dealkylation sites (tertiary alicyclic amines) is 1. The van der Waals surface area contributed by atoms with Crippen LogP contribution < -0.4 is 10.6 Å². The van der Waals surface area contributed by atoms with Crippen LogP contribution >= 0.6 is 0 Å². The highest BCUT2D eigenvalue weighted by atomic mass is 15.3. The van der Waals surface area contributed by atoms with E-state index in [-0.39, 0.29) is 0 Å². The zero-order chi connectivity index (χ0) is 19.8. The van der Waals surface area contributed by atoms with E-state index in [2.05, 4.69) is 69.8 Å². The number of aromatic nitrogens is 2. The summed E-state index contributed by atoms with van der Waals surface area (Å²) in [5.41, 5.74) is 1.39. The first kappa shape index (κ1) is 20.4. The topological polar surface area (TPSA) is 57.5 Å². The van der Waals surface area contributed by atoms with Gasteiger partial charge >= 0.3 is 0 Å². The van der Waals surface area contributed by atoms with Gasteiger partial charge in [0.25, 0.3) is 0 Å². The van der Waals surface area contributed by atoms with Gasteiger partial charge < -0.3 is 10.6 Å². The quantitative estimate of drug-likeness (QED) is 0.571. The van der Waals surface area contributed by atoms with Crippen LogP contribution in [0.2, 0.25) is 0 Å². The minimum atomic E-state index is 0.467. The molecule has 6 nitrogen and oxygen atoms in total. The Hall–Kier alpha value is -2.34. The Morgan fingerprint density at radius 1 is 1.29 bits per heavy atom. The first-order chi connectivity index (χ1) is 13.6. The van der Waals surface area contributed by atoms with Gasteiger partial charge in [0.1, 0.15) is 0 Å². The minimum absolute atomic E-state index is 0.467. The average molecular weight is 383 g/mol. The molecule has 0 spiro atoms. The van der Waals surface area contributed by atoms with Gasteiger partial charge in [0.2, 0.25) is 0 Å². The molecular formula is C22H34N6. The van der Waals surface area contributed by atoms with Crippen LogP contribution in [0.1, 0.15) is 32.3 Å². The third-order valence-corrected chi connectivity index (χ3v) is 5.48. The Morgan fingerprint density at radius 2 is 2.11 bits per heavy atom. The molecule has 0 radical (unpaired) electrons. The zero-order valence-electron chi connectivity index (χ0n) is 17.4. The lowest BCUT2D eigenvalue weighted by atomic mass is 9.97. The molecule has 28 heavy (non-hydrogen) atoms. The highest BCUT2D eigenvalue weighted by Gasteiger charge is 2.26. The van der Waals surface area contributed by atoms with Crippen LogP contribution in [0, 0.1) is 5.92 Å². The van der Waals surface area contributed by atoms with Crippen molar-refractivity contribution in [2.75, 3.05) is 20.1 Å². The van der Waals surface area contributed by atoms with Crippen molar-refractivity contribution in [3.63, 3.8) is 0 Å². The van der Waals surface area contributed by atoms with Crippen LogP contribution in [0.4, 0.5) is 0 Å². The molecule has 2 aromatic rings. The van der Waals surface area contributed by atoms with Gasteiger partial charge in [-0.05, 0) is 37.3 Å². The summed E-state index contributed by atoms with van der Waals surface area (Å²) in [7, 11) is 1.85. The highest BCUT2D eigenvalue weighted by Crippen LogP contribution is 2.19. The summed E-state index contributed by atoms with van der Waals surface area (Å²) in [5.74, 6) is 1.38. The van der Waals surface area contributed by atoms with E-state index in [1.54, 1.807) is 0 Å². The van der Waals surface area contributed by atoms with E-state index in [4.69, 9.17) is 0 Å². The van der Waals surface area contributed by atoms with Gasteiger partial charge in [0.05, 0.1) is 0 Å². The van der Waals surface area contributed by atoms with Crippen molar-refractivity contribution in [1.82, 2.24) is 25.3 Å². The molecule has 1 aromatic carbocycles. The smallest absolute Gasteiger partial charge is 0.191 e. The van der Waals surface area contributed by atoms with E-state index < -0.39 is 0 Å².